The largest absolute Gasteiger partial charge is 0.507 e. The molecule has 0 unspecified atom stereocenters. The third-order valence-electron chi connectivity index (χ3n) is 8.89. The van der Waals surface area contributed by atoms with Crippen molar-refractivity contribution in [2.45, 2.75) is 18.3 Å². The van der Waals surface area contributed by atoms with E-state index in [2.05, 4.69) is 10.1 Å². The highest BCUT2D eigenvalue weighted by Gasteiger charge is 2.62. The molecule has 3 aliphatic carbocycles. The van der Waals surface area contributed by atoms with E-state index in [1.54, 1.807) is 30.3 Å². The van der Waals surface area contributed by atoms with Crippen molar-refractivity contribution < 1.29 is 44.0 Å². The second-order valence-corrected chi connectivity index (χ2v) is 11.6. The van der Waals surface area contributed by atoms with E-state index < -0.39 is 85.4 Å². The van der Waals surface area contributed by atoms with E-state index in [1.807, 2.05) is 0 Å². The zero-order chi connectivity index (χ0) is 34.4. The Balaban J connectivity index is 1.39. The number of H-pyrrole nitrogens is 1. The van der Waals surface area contributed by atoms with Crippen molar-refractivity contribution >= 4 is 63.4 Å². The van der Waals surface area contributed by atoms with Crippen molar-refractivity contribution in [3.8, 4) is 17.2 Å². The molecule has 0 fully saturated rings. The van der Waals surface area contributed by atoms with Crippen LogP contribution in [0.1, 0.15) is 64.7 Å². The molecule has 0 radical (unpaired) electrons. The number of phenolic OH excluding ortho intramolecular Hbond substituents is 3. The number of aromatic amines is 1. The number of aromatic hydroxyl groups is 3. The molecule has 2 amide bonds. The Hall–Kier alpha value is -6.28. The molecule has 48 heavy (non-hydrogen) atoms. The fraction of sp³-hybridized carbons (Fsp3) is 0.121. The van der Waals surface area contributed by atoms with Gasteiger partial charge in [-0.15, -0.1) is 0 Å². The second kappa shape index (κ2) is 10.4. The van der Waals surface area contributed by atoms with Gasteiger partial charge in [-0.3, -0.25) is 24.0 Å². The van der Waals surface area contributed by atoms with Gasteiger partial charge in [-0.25, -0.2) is 4.79 Å². The number of fused-ring (bicyclic) bond motifs is 5. The van der Waals surface area contributed by atoms with Crippen LogP contribution < -0.4 is 16.3 Å². The van der Waals surface area contributed by atoms with Gasteiger partial charge in [0.1, 0.15) is 22.7 Å². The number of phenols is 3. The van der Waals surface area contributed by atoms with E-state index in [0.717, 1.165) is 24.4 Å². The van der Waals surface area contributed by atoms with Crippen LogP contribution in [0, 0.1) is 0 Å². The van der Waals surface area contributed by atoms with E-state index in [0.29, 0.717) is 5.69 Å². The monoisotopic (exact) mass is 668 g/mol. The number of anilines is 1. The Bertz CT molecular complexity index is 2360. The number of aromatic nitrogens is 1. The molecule has 1 spiro atoms. The number of hydrogen-bond donors (Lipinski definition) is 5. The summed E-state index contributed by atoms with van der Waals surface area (Å²) in [7, 11) is 1.11. The lowest BCUT2D eigenvalue weighted by Gasteiger charge is -2.23. The fourth-order valence-corrected chi connectivity index (χ4v) is 7.15. The maximum Gasteiger partial charge on any atom is 0.340 e. The molecule has 7 rings (SSSR count). The van der Waals surface area contributed by atoms with Gasteiger partial charge in [-0.05, 0) is 36.6 Å². The molecule has 15 heteroatoms. The zero-order valence-electron chi connectivity index (χ0n) is 24.6. The fourth-order valence-electron chi connectivity index (χ4n) is 6.81. The summed E-state index contributed by atoms with van der Waals surface area (Å²) in [6.07, 6.45) is 1.58. The molecule has 0 saturated carbocycles. The van der Waals surface area contributed by atoms with Gasteiger partial charge in [0.25, 0.3) is 5.56 Å². The van der Waals surface area contributed by atoms with Crippen LogP contribution in [0.3, 0.4) is 0 Å². The molecule has 240 valence electrons. The number of Topliss-reactive ketones (excluding diaryl/α,β-unsaturated/α-hetero) is 3. The SMILES string of the molecule is COC1=CC(=O)c2c(O)c3c(c(O)c2C1=O)C(=O)[C@]1(CCc2c1c(O)c1c(=O)[nH]c(C=NN(C(N)=O)c4ccccc4)cc1c2Cl)C3=O. The van der Waals surface area contributed by atoms with E-state index in [9.17, 15) is 44.1 Å². The van der Waals surface area contributed by atoms with Crippen molar-refractivity contribution in [2.24, 2.45) is 10.8 Å². The highest BCUT2D eigenvalue weighted by atomic mass is 35.5. The number of methoxy groups -OCH3 is 1. The van der Waals surface area contributed by atoms with Crippen molar-refractivity contribution in [2.75, 3.05) is 12.1 Å². The maximum absolute atomic E-state index is 14.2. The number of nitrogens with zero attached hydrogens (tertiary/aromatic N) is 2. The van der Waals surface area contributed by atoms with E-state index in [1.165, 1.54) is 6.07 Å². The number of ether oxygens (including phenoxy) is 1. The van der Waals surface area contributed by atoms with Crippen LogP contribution in [0.15, 0.2) is 58.1 Å². The molecule has 1 aromatic heterocycles. The summed E-state index contributed by atoms with van der Waals surface area (Å²) in [5.41, 5.74) is -0.232. The van der Waals surface area contributed by atoms with Crippen LogP contribution >= 0.6 is 11.6 Å². The number of hydrogen-bond acceptors (Lipinski definition) is 11. The molecule has 1 atom stereocenters. The van der Waals surface area contributed by atoms with E-state index in [-0.39, 0.29) is 45.5 Å². The molecule has 1 heterocycles. The maximum atomic E-state index is 14.2. The minimum Gasteiger partial charge on any atom is -0.507 e. The number of carbonyl (C=O) groups is 5. The number of nitrogens with one attached hydrogen (secondary N) is 1. The quantitative estimate of drug-likeness (QED) is 0.0921. The number of pyridine rings is 1. The molecule has 3 aliphatic rings. The van der Waals surface area contributed by atoms with Crippen molar-refractivity contribution in [3.63, 3.8) is 0 Å². The molecule has 6 N–H and O–H groups in total. The van der Waals surface area contributed by atoms with Crippen molar-refractivity contribution in [1.82, 2.24) is 4.98 Å². The first-order chi connectivity index (χ1) is 22.8. The van der Waals surface area contributed by atoms with Crippen LogP contribution in [-0.2, 0) is 16.6 Å². The summed E-state index contributed by atoms with van der Waals surface area (Å²) in [5.74, 6) is -7.26. The van der Waals surface area contributed by atoms with Crippen LogP contribution in [0.4, 0.5) is 10.5 Å². The van der Waals surface area contributed by atoms with E-state index >= 15 is 0 Å². The third kappa shape index (κ3) is 3.83. The van der Waals surface area contributed by atoms with Crippen LogP contribution in [0.25, 0.3) is 10.8 Å². The van der Waals surface area contributed by atoms with Crippen molar-refractivity contribution in [3.05, 3.63) is 103 Å². The predicted molar refractivity (Wildman–Crippen MR) is 170 cm³/mol. The summed E-state index contributed by atoms with van der Waals surface area (Å²) >= 11 is 6.79. The summed E-state index contributed by atoms with van der Waals surface area (Å²) in [4.78, 5) is 82.3. The lowest BCUT2D eigenvalue weighted by atomic mass is 9.76. The van der Waals surface area contributed by atoms with Crippen molar-refractivity contribution in [1.29, 1.82) is 0 Å². The summed E-state index contributed by atoms with van der Waals surface area (Å²) in [6, 6.07) is 8.68. The first-order valence-corrected chi connectivity index (χ1v) is 14.6. The number of allylic oxidation sites excluding steroid dienone is 2. The van der Waals surface area contributed by atoms with Gasteiger partial charge in [-0.1, -0.05) is 29.8 Å². The number of hydrazone groups is 1. The molecule has 0 saturated heterocycles. The topological polar surface area (TPSA) is 230 Å². The average Bonchev–Trinajstić information content (AvgIpc) is 3.57. The van der Waals surface area contributed by atoms with Gasteiger partial charge in [0, 0.05) is 17.0 Å². The minimum atomic E-state index is -2.26. The molecule has 0 aliphatic heterocycles. The number of primary amides is 1. The standard InChI is InChI=1S/C33H21ClN4O10/c1-48-17-10-16(39)19-20(25(17)40)27(42)22-21(26(19)41)29(44)33(30(22)45)8-7-14-23(33)28(43)18-15(24(14)34)9-12(37-31(18)46)11-36-38(32(35)47)13-5-3-2-4-6-13/h2-6,9-11,41-43H,7-8H2,1H3,(H2,35,47)(H,37,46)/t33-/m0/s1. The Labute approximate surface area is 273 Å². The van der Waals surface area contributed by atoms with Gasteiger partial charge in [0.2, 0.25) is 5.78 Å². The zero-order valence-corrected chi connectivity index (χ0v) is 25.3. The van der Waals surface area contributed by atoms with Gasteiger partial charge in [0.15, 0.2) is 23.1 Å². The first kappa shape index (κ1) is 30.4. The van der Waals surface area contributed by atoms with Gasteiger partial charge < -0.3 is 30.8 Å². The molecular weight excluding hydrogens is 648 g/mol. The molecule has 4 aromatic rings. The third-order valence-corrected chi connectivity index (χ3v) is 9.32. The molecular formula is C33H21ClN4O10. The van der Waals surface area contributed by atoms with Crippen LogP contribution in [0.2, 0.25) is 5.02 Å². The number of rotatable bonds is 4. The number of halogens is 1. The first-order valence-electron chi connectivity index (χ1n) is 14.2. The van der Waals surface area contributed by atoms with Gasteiger partial charge in [-0.2, -0.15) is 10.1 Å². The highest BCUT2D eigenvalue weighted by molar-refractivity contribution is 6.41. The number of amides is 2. The summed E-state index contributed by atoms with van der Waals surface area (Å²) < 4.78 is 4.91. The normalized spacial score (nSPS) is 18.0. The second-order valence-electron chi connectivity index (χ2n) is 11.3. The minimum absolute atomic E-state index is 0.0337. The van der Waals surface area contributed by atoms with Gasteiger partial charge in [0.05, 0.1) is 57.4 Å². The smallest absolute Gasteiger partial charge is 0.340 e. The highest BCUT2D eigenvalue weighted by Crippen LogP contribution is 2.58. The number of urea groups is 1. The Morgan fingerprint density at radius 2 is 1.65 bits per heavy atom. The lowest BCUT2D eigenvalue weighted by Crippen LogP contribution is -2.36. The number of carbonyl (C=O) groups excluding carboxylic acids is 5. The molecule has 14 nitrogen and oxygen atoms in total. The number of benzene rings is 3. The predicted octanol–water partition coefficient (Wildman–Crippen LogP) is 3.39. The number of ketones is 4. The van der Waals surface area contributed by atoms with Gasteiger partial charge >= 0.3 is 6.03 Å². The number of nitrogens with two attached hydrogens (primary N) is 1. The molecule has 3 aromatic carbocycles. The van der Waals surface area contributed by atoms with Crippen LogP contribution in [0.5, 0.6) is 17.2 Å². The van der Waals surface area contributed by atoms with E-state index in [4.69, 9.17) is 22.1 Å². The Kier molecular flexibility index (Phi) is 6.56. The Morgan fingerprint density at radius 3 is 2.27 bits per heavy atom. The summed E-state index contributed by atoms with van der Waals surface area (Å²) in [5, 5.41) is 38.5. The molecule has 0 bridgehead atoms. The number of para-hydroxylation sites is 1. The lowest BCUT2D eigenvalue weighted by molar-refractivity contribution is 0.0790. The average molecular weight is 669 g/mol. The summed E-state index contributed by atoms with van der Waals surface area (Å²) in [6.45, 7) is 0. The Morgan fingerprint density at radius 1 is 1.00 bits per heavy atom. The van der Waals surface area contributed by atoms with Crippen LogP contribution in [-0.4, -0.2) is 62.8 Å².